The zero-order valence-electron chi connectivity index (χ0n) is 9.79. The lowest BCUT2D eigenvalue weighted by atomic mass is 10.1. The second-order valence-corrected chi connectivity index (χ2v) is 4.07. The van der Waals surface area contributed by atoms with Gasteiger partial charge in [0.1, 0.15) is 11.6 Å². The average molecular weight is 277 g/mol. The number of Topliss-reactive ketones (excluding diaryl/α,β-unsaturated/α-hetero) is 1. The minimum atomic E-state index is -0.787. The molecule has 2 rings (SSSR count). The standard InChI is InChI=1S/C12H14F2N2O.ClH/c13-9-1-2-10(11(14)7-9)12(17)8-16-5-3-15-4-6-16;/h1-2,7,15H,3-6,8H2;1H. The van der Waals surface area contributed by atoms with Gasteiger partial charge < -0.3 is 5.32 Å². The van der Waals surface area contributed by atoms with Crippen LogP contribution < -0.4 is 5.32 Å². The third-order valence-electron chi connectivity index (χ3n) is 2.81. The fourth-order valence-corrected chi connectivity index (χ4v) is 1.87. The highest BCUT2D eigenvalue weighted by Gasteiger charge is 2.17. The van der Waals surface area contributed by atoms with E-state index < -0.39 is 11.6 Å². The first-order chi connectivity index (χ1) is 8.16. The minimum absolute atomic E-state index is 0. The summed E-state index contributed by atoms with van der Waals surface area (Å²) in [5.74, 6) is -1.75. The number of benzene rings is 1. The van der Waals surface area contributed by atoms with Crippen LogP contribution in [0.1, 0.15) is 10.4 Å². The Bertz CT molecular complexity index is 423. The van der Waals surface area contributed by atoms with Crippen LogP contribution in [-0.2, 0) is 0 Å². The zero-order chi connectivity index (χ0) is 12.3. The lowest BCUT2D eigenvalue weighted by Gasteiger charge is -2.26. The Morgan fingerprint density at radius 1 is 1.28 bits per heavy atom. The van der Waals surface area contributed by atoms with E-state index in [-0.39, 0.29) is 30.3 Å². The minimum Gasteiger partial charge on any atom is -0.314 e. The van der Waals surface area contributed by atoms with E-state index in [1.807, 2.05) is 4.90 Å². The summed E-state index contributed by atoms with van der Waals surface area (Å²) in [7, 11) is 0. The maximum atomic E-state index is 13.4. The zero-order valence-corrected chi connectivity index (χ0v) is 10.6. The maximum absolute atomic E-state index is 13.4. The number of nitrogens with one attached hydrogen (secondary N) is 1. The van der Waals surface area contributed by atoms with Gasteiger partial charge in [0.15, 0.2) is 5.78 Å². The number of ketones is 1. The smallest absolute Gasteiger partial charge is 0.179 e. The molecule has 0 spiro atoms. The first-order valence-corrected chi connectivity index (χ1v) is 5.58. The molecule has 1 aliphatic rings. The lowest BCUT2D eigenvalue weighted by molar-refractivity contribution is 0.0917. The highest BCUT2D eigenvalue weighted by Crippen LogP contribution is 2.11. The third kappa shape index (κ3) is 3.73. The van der Waals surface area contributed by atoms with Gasteiger partial charge in [-0.05, 0) is 12.1 Å². The second-order valence-electron chi connectivity index (χ2n) is 4.07. The van der Waals surface area contributed by atoms with E-state index in [2.05, 4.69) is 5.32 Å². The molecule has 0 unspecified atom stereocenters. The lowest BCUT2D eigenvalue weighted by Crippen LogP contribution is -2.45. The number of piperazine rings is 1. The van der Waals surface area contributed by atoms with Crippen LogP contribution >= 0.6 is 12.4 Å². The van der Waals surface area contributed by atoms with Crippen molar-refractivity contribution >= 4 is 18.2 Å². The SMILES string of the molecule is Cl.O=C(CN1CCNCC1)c1ccc(F)cc1F. The van der Waals surface area contributed by atoms with Gasteiger partial charge in [-0.15, -0.1) is 12.4 Å². The number of hydrogen-bond donors (Lipinski definition) is 1. The van der Waals surface area contributed by atoms with E-state index >= 15 is 0 Å². The number of carbonyl (C=O) groups excluding carboxylic acids is 1. The van der Waals surface area contributed by atoms with Gasteiger partial charge in [0.05, 0.1) is 12.1 Å². The van der Waals surface area contributed by atoms with Gasteiger partial charge in [-0.25, -0.2) is 8.78 Å². The molecule has 100 valence electrons. The van der Waals surface area contributed by atoms with E-state index in [9.17, 15) is 13.6 Å². The topological polar surface area (TPSA) is 32.3 Å². The summed E-state index contributed by atoms with van der Waals surface area (Å²) in [6, 6.07) is 3.05. The Kier molecular flexibility index (Phi) is 5.65. The summed E-state index contributed by atoms with van der Waals surface area (Å²) in [6.45, 7) is 3.39. The number of rotatable bonds is 3. The number of nitrogens with zero attached hydrogens (tertiary/aromatic N) is 1. The molecular formula is C12H15ClF2N2O. The molecule has 0 aliphatic carbocycles. The van der Waals surface area contributed by atoms with Crippen molar-refractivity contribution in [2.45, 2.75) is 0 Å². The van der Waals surface area contributed by atoms with Gasteiger partial charge in [0.2, 0.25) is 0 Å². The molecule has 1 saturated heterocycles. The average Bonchev–Trinajstić information content (AvgIpc) is 2.30. The van der Waals surface area contributed by atoms with Crippen LogP contribution in [-0.4, -0.2) is 43.4 Å². The fourth-order valence-electron chi connectivity index (χ4n) is 1.87. The summed E-state index contributed by atoms with van der Waals surface area (Å²) < 4.78 is 26.1. The van der Waals surface area contributed by atoms with Gasteiger partial charge in [-0.1, -0.05) is 0 Å². The Labute approximate surface area is 111 Å². The molecule has 1 aromatic carbocycles. The first kappa shape index (κ1) is 15.0. The van der Waals surface area contributed by atoms with E-state index in [0.29, 0.717) is 0 Å². The van der Waals surface area contributed by atoms with Crippen molar-refractivity contribution in [3.8, 4) is 0 Å². The van der Waals surface area contributed by atoms with E-state index in [1.165, 1.54) is 6.07 Å². The first-order valence-electron chi connectivity index (χ1n) is 5.58. The molecule has 0 aromatic heterocycles. The van der Waals surface area contributed by atoms with Gasteiger partial charge in [0, 0.05) is 32.2 Å². The normalized spacial score (nSPS) is 16.1. The van der Waals surface area contributed by atoms with Crippen molar-refractivity contribution in [3.05, 3.63) is 35.4 Å². The van der Waals surface area contributed by atoms with E-state index in [0.717, 1.165) is 38.3 Å². The second kappa shape index (κ2) is 6.78. The molecule has 0 radical (unpaired) electrons. The molecule has 0 bridgehead atoms. The summed E-state index contributed by atoms with van der Waals surface area (Å²) in [4.78, 5) is 13.8. The Morgan fingerprint density at radius 2 is 1.94 bits per heavy atom. The molecule has 1 heterocycles. The molecule has 3 nitrogen and oxygen atoms in total. The van der Waals surface area contributed by atoms with Gasteiger partial charge in [-0.2, -0.15) is 0 Å². The van der Waals surface area contributed by atoms with Crippen molar-refractivity contribution in [2.75, 3.05) is 32.7 Å². The van der Waals surface area contributed by atoms with Crippen LogP contribution in [0.5, 0.6) is 0 Å². The monoisotopic (exact) mass is 276 g/mol. The summed E-state index contributed by atoms with van der Waals surface area (Å²) in [5, 5.41) is 3.17. The molecule has 1 fully saturated rings. The number of carbonyl (C=O) groups is 1. The quantitative estimate of drug-likeness (QED) is 0.849. The Hall–Kier alpha value is -1.04. The van der Waals surface area contributed by atoms with Gasteiger partial charge in [-0.3, -0.25) is 9.69 Å². The van der Waals surface area contributed by atoms with Crippen molar-refractivity contribution in [3.63, 3.8) is 0 Å². The molecule has 0 atom stereocenters. The molecule has 0 saturated carbocycles. The van der Waals surface area contributed by atoms with Crippen LogP contribution in [0.15, 0.2) is 18.2 Å². The third-order valence-corrected chi connectivity index (χ3v) is 2.81. The van der Waals surface area contributed by atoms with Crippen molar-refractivity contribution < 1.29 is 13.6 Å². The van der Waals surface area contributed by atoms with Crippen LogP contribution in [0.2, 0.25) is 0 Å². The van der Waals surface area contributed by atoms with Gasteiger partial charge >= 0.3 is 0 Å². The van der Waals surface area contributed by atoms with Crippen LogP contribution in [0.4, 0.5) is 8.78 Å². The van der Waals surface area contributed by atoms with Crippen LogP contribution in [0.3, 0.4) is 0 Å². The Balaban J connectivity index is 0.00000162. The molecule has 18 heavy (non-hydrogen) atoms. The Morgan fingerprint density at radius 3 is 2.56 bits per heavy atom. The molecule has 1 aliphatic heterocycles. The molecule has 1 N–H and O–H groups in total. The molecule has 1 aromatic rings. The summed E-state index contributed by atoms with van der Waals surface area (Å²) >= 11 is 0. The van der Waals surface area contributed by atoms with Crippen molar-refractivity contribution in [1.29, 1.82) is 0 Å². The molecular weight excluding hydrogens is 262 g/mol. The van der Waals surface area contributed by atoms with Crippen LogP contribution in [0, 0.1) is 11.6 Å². The molecule has 6 heteroatoms. The maximum Gasteiger partial charge on any atom is 0.179 e. The summed E-state index contributed by atoms with van der Waals surface area (Å²) in [6.07, 6.45) is 0. The van der Waals surface area contributed by atoms with E-state index in [4.69, 9.17) is 0 Å². The highest BCUT2D eigenvalue weighted by molar-refractivity contribution is 5.97. The van der Waals surface area contributed by atoms with E-state index in [1.54, 1.807) is 0 Å². The summed E-state index contributed by atoms with van der Waals surface area (Å²) in [5.41, 5.74) is -0.0371. The molecule has 0 amide bonds. The highest BCUT2D eigenvalue weighted by atomic mass is 35.5. The van der Waals surface area contributed by atoms with Gasteiger partial charge in [0.25, 0.3) is 0 Å². The van der Waals surface area contributed by atoms with Crippen molar-refractivity contribution in [1.82, 2.24) is 10.2 Å². The predicted octanol–water partition coefficient (Wildman–Crippen LogP) is 1.47. The van der Waals surface area contributed by atoms with Crippen LogP contribution in [0.25, 0.3) is 0 Å². The number of halogens is 3. The largest absolute Gasteiger partial charge is 0.314 e. The predicted molar refractivity (Wildman–Crippen MR) is 67.2 cm³/mol. The van der Waals surface area contributed by atoms with Crippen molar-refractivity contribution in [2.24, 2.45) is 0 Å². The number of hydrogen-bond acceptors (Lipinski definition) is 3. The fraction of sp³-hybridized carbons (Fsp3) is 0.417.